The number of hydrogen-bond donors (Lipinski definition) is 4. The number of piperazine rings is 1. The van der Waals surface area contributed by atoms with Crippen LogP contribution in [-0.4, -0.2) is 104 Å². The average molecular weight is 613 g/mol. The predicted octanol–water partition coefficient (Wildman–Crippen LogP) is 2.68. The third-order valence-corrected chi connectivity index (χ3v) is 7.81. The van der Waals surface area contributed by atoms with Gasteiger partial charge in [-0.05, 0) is 42.0 Å². The second-order valence-corrected chi connectivity index (χ2v) is 10.8. The fourth-order valence-corrected chi connectivity index (χ4v) is 5.28. The van der Waals surface area contributed by atoms with Gasteiger partial charge in [-0.25, -0.2) is 9.86 Å². The lowest BCUT2D eigenvalue weighted by Crippen LogP contribution is -2.50. The smallest absolute Gasteiger partial charge is 0.335 e. The normalized spacial score (nSPS) is 16.0. The van der Waals surface area contributed by atoms with E-state index in [9.17, 15) is 24.3 Å². The molecule has 0 saturated carbocycles. The second-order valence-electron chi connectivity index (χ2n) is 10.8. The molecule has 1 fully saturated rings. The number of carboxylic acid groups (broad SMARTS) is 1. The first-order chi connectivity index (χ1) is 21.7. The molecule has 12 nitrogen and oxygen atoms in total. The van der Waals surface area contributed by atoms with E-state index in [1.807, 2.05) is 30.3 Å². The minimum atomic E-state index is -1.08. The van der Waals surface area contributed by atoms with Crippen LogP contribution in [-0.2, 0) is 14.4 Å². The van der Waals surface area contributed by atoms with Gasteiger partial charge in [0.05, 0.1) is 35.7 Å². The van der Waals surface area contributed by atoms with Crippen LogP contribution in [0.2, 0.25) is 0 Å². The molecule has 4 N–H and O–H groups in total. The number of carbonyl (C=O) groups excluding carboxylic acids is 3. The van der Waals surface area contributed by atoms with E-state index in [1.165, 1.54) is 17.2 Å². The molecule has 0 spiro atoms. The molecule has 2 aliphatic rings. The Balaban J connectivity index is 1.23. The molecule has 234 valence electrons. The van der Waals surface area contributed by atoms with Crippen molar-refractivity contribution in [1.29, 1.82) is 0 Å². The van der Waals surface area contributed by atoms with Gasteiger partial charge in [-0.3, -0.25) is 29.0 Å². The molecule has 12 heteroatoms. The summed E-state index contributed by atoms with van der Waals surface area (Å²) >= 11 is 0. The molecule has 0 radical (unpaired) electrons. The fraction of sp³-hybridized carbons (Fsp3) is 0.273. The topological polar surface area (TPSA) is 144 Å². The molecule has 0 aliphatic carbocycles. The zero-order chi connectivity index (χ0) is 31.9. The number of fused-ring (bicyclic) bond motifs is 1. The number of anilines is 2. The summed E-state index contributed by atoms with van der Waals surface area (Å²) < 4.78 is 0. The molecular weight excluding hydrogens is 576 g/mol. The molecule has 2 heterocycles. The van der Waals surface area contributed by atoms with E-state index in [0.29, 0.717) is 53.5 Å². The van der Waals surface area contributed by atoms with Crippen LogP contribution in [0, 0.1) is 0 Å². The van der Waals surface area contributed by atoms with Crippen LogP contribution in [0.5, 0.6) is 0 Å². The molecule has 0 bridgehead atoms. The Labute approximate surface area is 261 Å². The van der Waals surface area contributed by atoms with Crippen molar-refractivity contribution in [1.82, 2.24) is 20.2 Å². The van der Waals surface area contributed by atoms with Gasteiger partial charge >= 0.3 is 5.97 Å². The van der Waals surface area contributed by atoms with Gasteiger partial charge in [-0.2, -0.15) is 0 Å². The van der Waals surface area contributed by atoms with Gasteiger partial charge in [0.25, 0.3) is 11.8 Å². The highest BCUT2D eigenvalue weighted by Crippen LogP contribution is 2.38. The molecule has 3 amide bonds. The lowest BCUT2D eigenvalue weighted by molar-refractivity contribution is -0.122. The van der Waals surface area contributed by atoms with E-state index < -0.39 is 5.97 Å². The molecule has 0 aromatic heterocycles. The van der Waals surface area contributed by atoms with Crippen molar-refractivity contribution in [2.45, 2.75) is 0 Å². The number of likely N-dealkylation sites (N-methyl/N-ethyl adjacent to an activating group) is 1. The van der Waals surface area contributed by atoms with Crippen LogP contribution in [0.25, 0.3) is 11.3 Å². The maximum Gasteiger partial charge on any atom is 0.335 e. The Morgan fingerprint density at radius 1 is 0.911 bits per heavy atom. The molecule has 1 saturated heterocycles. The first kappa shape index (κ1) is 31.4. The largest absolute Gasteiger partial charge is 0.478 e. The number of hydroxylamine groups is 2. The molecule has 5 rings (SSSR count). The maximum absolute atomic E-state index is 13.1. The Bertz CT molecular complexity index is 1600. The number of rotatable bonds is 11. The quantitative estimate of drug-likeness (QED) is 0.190. The summed E-state index contributed by atoms with van der Waals surface area (Å²) in [5.74, 6) is -1.72. The van der Waals surface area contributed by atoms with Gasteiger partial charge in [-0.1, -0.05) is 36.4 Å². The highest BCUT2D eigenvalue weighted by atomic mass is 16.7. The summed E-state index contributed by atoms with van der Waals surface area (Å²) in [4.78, 5) is 59.3. The molecule has 3 aromatic carbocycles. The van der Waals surface area contributed by atoms with E-state index in [2.05, 4.69) is 25.8 Å². The number of amides is 3. The van der Waals surface area contributed by atoms with Crippen LogP contribution in [0.15, 0.2) is 72.8 Å². The second kappa shape index (κ2) is 14.2. The lowest BCUT2D eigenvalue weighted by Gasteiger charge is -2.34. The van der Waals surface area contributed by atoms with Crippen molar-refractivity contribution in [3.05, 3.63) is 95.1 Å². The van der Waals surface area contributed by atoms with Crippen LogP contribution < -0.4 is 16.0 Å². The highest BCUT2D eigenvalue weighted by Gasteiger charge is 2.29. The summed E-state index contributed by atoms with van der Waals surface area (Å²) in [5, 5.41) is 19.4. The maximum atomic E-state index is 13.1. The summed E-state index contributed by atoms with van der Waals surface area (Å²) in [6, 6.07) is 20.8. The minimum Gasteiger partial charge on any atom is -0.478 e. The number of hydrogen-bond acceptors (Lipinski definition) is 8. The number of benzene rings is 3. The van der Waals surface area contributed by atoms with Gasteiger partial charge in [0.1, 0.15) is 0 Å². The van der Waals surface area contributed by atoms with Crippen molar-refractivity contribution in [3.8, 4) is 0 Å². The standard InChI is InChI=1S/C33H36N6O6/c1-34-28(40)21-39-16-14-38(15-17-39)18-19-45-37(2)32(42)23-8-11-25(12-9-23)35-30(22-6-4-3-5-7-22)29-26-13-10-24(33(43)44)20-27(26)36-31(29)41/h3-13,20,35H,14-19,21H2,1-2H3,(H,34,40)(H,36,41)(H,43,44). The van der Waals surface area contributed by atoms with Gasteiger partial charge in [-0.15, -0.1) is 0 Å². The van der Waals surface area contributed by atoms with E-state index >= 15 is 0 Å². The number of nitrogens with one attached hydrogen (secondary N) is 3. The lowest BCUT2D eigenvalue weighted by atomic mass is 9.99. The van der Waals surface area contributed by atoms with Crippen LogP contribution in [0.3, 0.4) is 0 Å². The van der Waals surface area contributed by atoms with Crippen LogP contribution >= 0.6 is 0 Å². The molecule has 3 aromatic rings. The minimum absolute atomic E-state index is 0.00833. The molecule has 0 unspecified atom stereocenters. The number of carbonyl (C=O) groups is 4. The van der Waals surface area contributed by atoms with Gasteiger partial charge in [0, 0.05) is 63.6 Å². The van der Waals surface area contributed by atoms with E-state index in [4.69, 9.17) is 4.84 Å². The monoisotopic (exact) mass is 612 g/mol. The number of carboxylic acids is 1. The van der Waals surface area contributed by atoms with Crippen molar-refractivity contribution < 1.29 is 29.1 Å². The van der Waals surface area contributed by atoms with Crippen LogP contribution in [0.4, 0.5) is 11.4 Å². The van der Waals surface area contributed by atoms with Crippen LogP contribution in [0.1, 0.15) is 31.8 Å². The Hall–Kier alpha value is -5.04. The SMILES string of the molecule is CNC(=O)CN1CCN(CCON(C)C(=O)c2ccc(NC(=C3C(=O)Nc4cc(C(=O)O)ccc43)c3ccccc3)cc2)CC1. The number of aromatic carboxylic acids is 1. The van der Waals surface area contributed by atoms with Crippen molar-refractivity contribution in [3.63, 3.8) is 0 Å². The van der Waals surface area contributed by atoms with E-state index in [0.717, 1.165) is 31.7 Å². The summed E-state index contributed by atoms with van der Waals surface area (Å²) in [6.45, 7) is 4.66. The van der Waals surface area contributed by atoms with Gasteiger partial charge < -0.3 is 21.1 Å². The zero-order valence-electron chi connectivity index (χ0n) is 25.2. The fourth-order valence-electron chi connectivity index (χ4n) is 5.28. The Morgan fingerprint density at radius 3 is 2.24 bits per heavy atom. The highest BCUT2D eigenvalue weighted by molar-refractivity contribution is 6.37. The Kier molecular flexibility index (Phi) is 9.88. The molecular formula is C33H36N6O6. The van der Waals surface area contributed by atoms with Crippen molar-refractivity contribution in [2.75, 3.05) is 70.6 Å². The van der Waals surface area contributed by atoms with E-state index in [1.54, 1.807) is 44.4 Å². The molecule has 0 atom stereocenters. The summed E-state index contributed by atoms with van der Waals surface area (Å²) in [7, 11) is 3.22. The summed E-state index contributed by atoms with van der Waals surface area (Å²) in [6.07, 6.45) is 0. The first-order valence-electron chi connectivity index (χ1n) is 14.7. The Morgan fingerprint density at radius 2 is 1.58 bits per heavy atom. The molecule has 2 aliphatic heterocycles. The third-order valence-electron chi connectivity index (χ3n) is 7.81. The van der Waals surface area contributed by atoms with Gasteiger partial charge in [0.2, 0.25) is 5.91 Å². The first-order valence-corrected chi connectivity index (χ1v) is 14.7. The van der Waals surface area contributed by atoms with Crippen molar-refractivity contribution >= 4 is 46.3 Å². The number of nitrogens with zero attached hydrogens (tertiary/aromatic N) is 3. The van der Waals surface area contributed by atoms with Crippen molar-refractivity contribution in [2.24, 2.45) is 0 Å². The van der Waals surface area contributed by atoms with E-state index in [-0.39, 0.29) is 23.3 Å². The average Bonchev–Trinajstić information content (AvgIpc) is 3.39. The zero-order valence-corrected chi connectivity index (χ0v) is 25.2. The predicted molar refractivity (Wildman–Crippen MR) is 170 cm³/mol. The third kappa shape index (κ3) is 7.55. The molecule has 45 heavy (non-hydrogen) atoms. The summed E-state index contributed by atoms with van der Waals surface area (Å²) in [5.41, 5.74) is 3.88. The van der Waals surface area contributed by atoms with Gasteiger partial charge in [0.15, 0.2) is 0 Å².